The van der Waals surface area contributed by atoms with Crippen molar-refractivity contribution in [2.45, 2.75) is 55.6 Å². The molecule has 2 bridgehead atoms. The molecule has 0 aromatic heterocycles. The average molecular weight is 264 g/mol. The van der Waals surface area contributed by atoms with Crippen molar-refractivity contribution in [3.63, 3.8) is 0 Å². The number of benzene rings is 1. The number of hydrogen-bond donors (Lipinski definition) is 1. The highest BCUT2D eigenvalue weighted by atomic mass is 32.2. The maximum Gasteiger partial charge on any atom is 0.0919 e. The lowest BCUT2D eigenvalue weighted by molar-refractivity contribution is 0.0183. The molecule has 2 atom stereocenters. The van der Waals surface area contributed by atoms with Gasteiger partial charge in [0, 0.05) is 21.3 Å². The minimum atomic E-state index is -0.753. The van der Waals surface area contributed by atoms with Gasteiger partial charge in [0.15, 0.2) is 0 Å². The van der Waals surface area contributed by atoms with E-state index in [9.17, 15) is 9.32 Å². The summed E-state index contributed by atoms with van der Waals surface area (Å²) >= 11 is 0. The average Bonchev–Trinajstić information content (AvgIpc) is 2.52. The van der Waals surface area contributed by atoms with Gasteiger partial charge >= 0.3 is 0 Å². The Morgan fingerprint density at radius 1 is 1.11 bits per heavy atom. The van der Waals surface area contributed by atoms with Crippen LogP contribution < -0.4 is 0 Å². The van der Waals surface area contributed by atoms with Crippen LogP contribution in [0.4, 0.5) is 0 Å². The summed E-state index contributed by atoms with van der Waals surface area (Å²) in [5, 5.41) is 11.4. The minimum Gasteiger partial charge on any atom is -0.385 e. The molecular formula is C15H20O2S. The third-order valence-electron chi connectivity index (χ3n) is 4.36. The highest BCUT2D eigenvalue weighted by Crippen LogP contribution is 2.46. The Kier molecular flexibility index (Phi) is 2.87. The second-order valence-electron chi connectivity index (χ2n) is 5.97. The number of aryl methyl sites for hydroxylation is 2. The van der Waals surface area contributed by atoms with Crippen LogP contribution in [0.3, 0.4) is 0 Å². The van der Waals surface area contributed by atoms with Crippen LogP contribution in [-0.4, -0.2) is 19.8 Å². The van der Waals surface area contributed by atoms with Gasteiger partial charge in [-0.1, -0.05) is 29.3 Å². The van der Waals surface area contributed by atoms with Crippen molar-refractivity contribution in [3.05, 3.63) is 34.9 Å². The topological polar surface area (TPSA) is 37.3 Å². The quantitative estimate of drug-likeness (QED) is 0.846. The van der Waals surface area contributed by atoms with Crippen LogP contribution in [0.5, 0.6) is 0 Å². The molecule has 3 rings (SSSR count). The molecule has 2 unspecified atom stereocenters. The first-order valence-corrected chi connectivity index (χ1v) is 7.96. The van der Waals surface area contributed by atoms with Crippen molar-refractivity contribution < 1.29 is 9.32 Å². The summed E-state index contributed by atoms with van der Waals surface area (Å²) < 4.78 is 12.0. The molecule has 1 aromatic carbocycles. The molecule has 2 saturated heterocycles. The van der Waals surface area contributed by atoms with Gasteiger partial charge < -0.3 is 5.11 Å². The Balaban J connectivity index is 1.98. The Morgan fingerprint density at radius 2 is 1.61 bits per heavy atom. The molecule has 0 amide bonds. The molecule has 2 aliphatic heterocycles. The van der Waals surface area contributed by atoms with Crippen LogP contribution in [0.25, 0.3) is 0 Å². The number of aliphatic hydroxyl groups is 1. The van der Waals surface area contributed by atoms with Crippen LogP contribution >= 0.6 is 0 Å². The van der Waals surface area contributed by atoms with Crippen molar-refractivity contribution in [2.75, 3.05) is 0 Å². The molecule has 2 nitrogen and oxygen atoms in total. The van der Waals surface area contributed by atoms with Crippen LogP contribution in [0.2, 0.25) is 0 Å². The van der Waals surface area contributed by atoms with E-state index in [1.54, 1.807) is 0 Å². The summed E-state index contributed by atoms with van der Waals surface area (Å²) in [5.41, 5.74) is 2.65. The van der Waals surface area contributed by atoms with Gasteiger partial charge in [-0.15, -0.1) is 0 Å². The maximum absolute atomic E-state index is 12.0. The molecule has 0 aliphatic carbocycles. The van der Waals surface area contributed by atoms with E-state index < -0.39 is 16.4 Å². The second kappa shape index (κ2) is 4.17. The van der Waals surface area contributed by atoms with E-state index in [0.29, 0.717) is 12.8 Å². The third kappa shape index (κ3) is 1.94. The first kappa shape index (κ1) is 12.4. The summed E-state index contributed by atoms with van der Waals surface area (Å²) in [6, 6.07) is 6.30. The summed E-state index contributed by atoms with van der Waals surface area (Å²) in [4.78, 5) is 0. The zero-order valence-electron chi connectivity index (χ0n) is 11.0. The normalized spacial score (nSPS) is 38.9. The Hall–Kier alpha value is -0.670. The molecule has 3 heteroatoms. The van der Waals surface area contributed by atoms with Crippen LogP contribution in [0, 0.1) is 13.8 Å². The molecule has 0 spiro atoms. The zero-order chi connectivity index (χ0) is 12.9. The first-order chi connectivity index (χ1) is 8.48. The fraction of sp³-hybridized carbons (Fsp3) is 0.600. The molecule has 2 fully saturated rings. The van der Waals surface area contributed by atoms with Crippen LogP contribution in [0.1, 0.15) is 42.4 Å². The van der Waals surface area contributed by atoms with Crippen LogP contribution in [0.15, 0.2) is 18.2 Å². The van der Waals surface area contributed by atoms with E-state index in [-0.39, 0.29) is 10.5 Å². The standard InChI is InChI=1S/C15H20O2S/c1-10-5-11(2)7-12(6-10)15(16)8-13-3-4-14(9-15)18(13)17/h5-7,13-14,16H,3-4,8-9H2,1-2H3. The van der Waals surface area contributed by atoms with E-state index in [4.69, 9.17) is 0 Å². The van der Waals surface area contributed by atoms with Crippen molar-refractivity contribution in [1.29, 1.82) is 0 Å². The number of fused-ring (bicyclic) bond motifs is 2. The number of hydrogen-bond acceptors (Lipinski definition) is 2. The Morgan fingerprint density at radius 3 is 2.11 bits per heavy atom. The molecule has 0 saturated carbocycles. The van der Waals surface area contributed by atoms with Crippen molar-refractivity contribution in [2.24, 2.45) is 0 Å². The molecule has 98 valence electrons. The fourth-order valence-electron chi connectivity index (χ4n) is 3.56. The largest absolute Gasteiger partial charge is 0.385 e. The predicted octanol–water partition coefficient (Wildman–Crippen LogP) is 2.56. The summed E-state index contributed by atoms with van der Waals surface area (Å²) in [7, 11) is -0.710. The van der Waals surface area contributed by atoms with E-state index in [1.165, 1.54) is 11.1 Å². The van der Waals surface area contributed by atoms with E-state index >= 15 is 0 Å². The summed E-state index contributed by atoms with van der Waals surface area (Å²) in [6.07, 6.45) is 3.37. The highest BCUT2D eigenvalue weighted by Gasteiger charge is 2.48. The summed E-state index contributed by atoms with van der Waals surface area (Å²) in [6.45, 7) is 4.13. The monoisotopic (exact) mass is 264 g/mol. The highest BCUT2D eigenvalue weighted by molar-refractivity contribution is 7.86. The summed E-state index contributed by atoms with van der Waals surface area (Å²) in [5.74, 6) is 0. The molecule has 0 radical (unpaired) electrons. The smallest absolute Gasteiger partial charge is 0.0919 e. The number of rotatable bonds is 1. The lowest BCUT2D eigenvalue weighted by Gasteiger charge is -2.36. The lowest BCUT2D eigenvalue weighted by atomic mass is 9.84. The van der Waals surface area contributed by atoms with Gasteiger partial charge in [-0.3, -0.25) is 4.21 Å². The van der Waals surface area contributed by atoms with Crippen molar-refractivity contribution in [1.82, 2.24) is 0 Å². The second-order valence-corrected chi connectivity index (χ2v) is 7.96. The lowest BCUT2D eigenvalue weighted by Crippen LogP contribution is -2.40. The SMILES string of the molecule is Cc1cc(C)cc(C2(O)CC3CCC(C2)S3=O)c1. The first-order valence-electron chi connectivity index (χ1n) is 6.68. The predicted molar refractivity (Wildman–Crippen MR) is 74.0 cm³/mol. The Bertz CT molecular complexity index is 473. The zero-order valence-corrected chi connectivity index (χ0v) is 11.8. The van der Waals surface area contributed by atoms with Gasteiger partial charge in [-0.2, -0.15) is 0 Å². The van der Waals surface area contributed by atoms with Gasteiger partial charge in [0.2, 0.25) is 0 Å². The fourth-order valence-corrected chi connectivity index (χ4v) is 5.72. The van der Waals surface area contributed by atoms with Gasteiger partial charge in [0.1, 0.15) is 0 Å². The molecule has 1 aromatic rings. The van der Waals surface area contributed by atoms with E-state index in [0.717, 1.165) is 18.4 Å². The van der Waals surface area contributed by atoms with Crippen molar-refractivity contribution in [3.8, 4) is 0 Å². The molecular weight excluding hydrogens is 244 g/mol. The van der Waals surface area contributed by atoms with E-state index in [2.05, 4.69) is 32.0 Å². The van der Waals surface area contributed by atoms with Gasteiger partial charge in [-0.25, -0.2) is 0 Å². The van der Waals surface area contributed by atoms with Crippen molar-refractivity contribution >= 4 is 10.8 Å². The maximum atomic E-state index is 12.0. The van der Waals surface area contributed by atoms with Gasteiger partial charge in [0.05, 0.1) is 5.60 Å². The molecule has 18 heavy (non-hydrogen) atoms. The van der Waals surface area contributed by atoms with Crippen LogP contribution in [-0.2, 0) is 16.4 Å². The Labute approximate surface area is 111 Å². The van der Waals surface area contributed by atoms with E-state index in [1.807, 2.05) is 0 Å². The van der Waals surface area contributed by atoms with Gasteiger partial charge in [-0.05, 0) is 45.1 Å². The third-order valence-corrected chi connectivity index (χ3v) is 6.48. The minimum absolute atomic E-state index is 0.203. The molecule has 2 aliphatic rings. The molecule has 2 heterocycles. The van der Waals surface area contributed by atoms with Gasteiger partial charge in [0.25, 0.3) is 0 Å². The molecule has 1 N–H and O–H groups in total.